The van der Waals surface area contributed by atoms with Crippen molar-refractivity contribution in [2.24, 2.45) is 0 Å². The summed E-state index contributed by atoms with van der Waals surface area (Å²) in [6, 6.07) is 0. The molecule has 0 aliphatic heterocycles. The molecule has 0 bridgehead atoms. The molecule has 0 unspecified atom stereocenters. The first-order valence-electron chi connectivity index (χ1n) is 5.39. The lowest BCUT2D eigenvalue weighted by Crippen LogP contribution is -2.32. The zero-order chi connectivity index (χ0) is 12.6. The van der Waals surface area contributed by atoms with Gasteiger partial charge in [-0.1, -0.05) is 0 Å². The summed E-state index contributed by atoms with van der Waals surface area (Å²) in [5, 5.41) is 0. The van der Waals surface area contributed by atoms with E-state index < -0.39 is 0 Å². The van der Waals surface area contributed by atoms with E-state index in [2.05, 4.69) is 4.74 Å². The van der Waals surface area contributed by atoms with Crippen LogP contribution >= 0.6 is 0 Å². The van der Waals surface area contributed by atoms with E-state index in [1.807, 2.05) is 13.8 Å². The van der Waals surface area contributed by atoms with Crippen molar-refractivity contribution < 1.29 is 19.1 Å². The van der Waals surface area contributed by atoms with E-state index in [-0.39, 0.29) is 24.6 Å². The third-order valence-corrected chi connectivity index (χ3v) is 2.07. The van der Waals surface area contributed by atoms with Gasteiger partial charge >= 0.3 is 5.97 Å². The SMILES string of the molecule is COC(=O)CCCN(C)C(=O)COC(C)C. The average molecular weight is 231 g/mol. The Balaban J connectivity index is 3.67. The highest BCUT2D eigenvalue weighted by Gasteiger charge is 2.10. The first kappa shape index (κ1) is 14.9. The van der Waals surface area contributed by atoms with Crippen LogP contribution in [-0.4, -0.2) is 50.2 Å². The van der Waals surface area contributed by atoms with E-state index in [1.54, 1.807) is 11.9 Å². The van der Waals surface area contributed by atoms with Crippen molar-refractivity contribution in [2.75, 3.05) is 27.3 Å². The number of likely N-dealkylation sites (N-methyl/N-ethyl adjacent to an activating group) is 1. The summed E-state index contributed by atoms with van der Waals surface area (Å²) < 4.78 is 9.69. The third-order valence-electron chi connectivity index (χ3n) is 2.07. The predicted molar refractivity (Wildman–Crippen MR) is 60.0 cm³/mol. The van der Waals surface area contributed by atoms with Crippen LogP contribution in [-0.2, 0) is 19.1 Å². The topological polar surface area (TPSA) is 55.8 Å². The number of methoxy groups -OCH3 is 1. The second-order valence-corrected chi connectivity index (χ2v) is 3.85. The first-order chi connectivity index (χ1) is 7.47. The summed E-state index contributed by atoms with van der Waals surface area (Å²) in [5.41, 5.74) is 0. The lowest BCUT2D eigenvalue weighted by Gasteiger charge is -2.17. The summed E-state index contributed by atoms with van der Waals surface area (Å²) in [6.07, 6.45) is 0.989. The minimum absolute atomic E-state index is 0.0485. The molecule has 16 heavy (non-hydrogen) atoms. The summed E-state index contributed by atoms with van der Waals surface area (Å²) in [7, 11) is 3.05. The molecule has 5 heteroatoms. The summed E-state index contributed by atoms with van der Waals surface area (Å²) in [6.45, 7) is 4.39. The number of hydrogen-bond donors (Lipinski definition) is 0. The maximum Gasteiger partial charge on any atom is 0.305 e. The van der Waals surface area contributed by atoms with Crippen LogP contribution in [0.1, 0.15) is 26.7 Å². The number of nitrogens with zero attached hydrogens (tertiary/aromatic N) is 1. The van der Waals surface area contributed by atoms with Crippen LogP contribution < -0.4 is 0 Å². The van der Waals surface area contributed by atoms with Crippen LogP contribution in [0.3, 0.4) is 0 Å². The maximum absolute atomic E-state index is 11.5. The standard InChI is InChI=1S/C11H21NO4/c1-9(2)16-8-10(13)12(3)7-5-6-11(14)15-4/h9H,5-8H2,1-4H3. The van der Waals surface area contributed by atoms with Crippen molar-refractivity contribution >= 4 is 11.9 Å². The van der Waals surface area contributed by atoms with E-state index in [9.17, 15) is 9.59 Å². The maximum atomic E-state index is 11.5. The zero-order valence-electron chi connectivity index (χ0n) is 10.5. The minimum Gasteiger partial charge on any atom is -0.469 e. The second kappa shape index (κ2) is 8.10. The van der Waals surface area contributed by atoms with Gasteiger partial charge in [-0.15, -0.1) is 0 Å². The van der Waals surface area contributed by atoms with Gasteiger partial charge in [0.15, 0.2) is 0 Å². The van der Waals surface area contributed by atoms with Crippen LogP contribution in [0.25, 0.3) is 0 Å². The van der Waals surface area contributed by atoms with Crippen LogP contribution in [0.4, 0.5) is 0 Å². The molecule has 0 aliphatic carbocycles. The van der Waals surface area contributed by atoms with Crippen molar-refractivity contribution in [1.29, 1.82) is 0 Å². The van der Waals surface area contributed by atoms with Gasteiger partial charge in [-0.05, 0) is 20.3 Å². The minimum atomic E-state index is -0.251. The van der Waals surface area contributed by atoms with Crippen molar-refractivity contribution in [1.82, 2.24) is 4.90 Å². The smallest absolute Gasteiger partial charge is 0.305 e. The molecule has 0 aromatic carbocycles. The Bertz CT molecular complexity index is 228. The molecule has 0 atom stereocenters. The van der Waals surface area contributed by atoms with Gasteiger partial charge in [0.25, 0.3) is 0 Å². The van der Waals surface area contributed by atoms with E-state index in [0.717, 1.165) is 0 Å². The Kier molecular flexibility index (Phi) is 7.54. The molecule has 1 amide bonds. The molecule has 0 saturated heterocycles. The molecule has 5 nitrogen and oxygen atoms in total. The molecule has 0 radical (unpaired) electrons. The van der Waals surface area contributed by atoms with Gasteiger partial charge in [0.2, 0.25) is 5.91 Å². The number of rotatable bonds is 7. The molecule has 0 aromatic rings. The molecular formula is C11H21NO4. The highest BCUT2D eigenvalue weighted by molar-refractivity contribution is 5.77. The fraction of sp³-hybridized carbons (Fsp3) is 0.818. The Morgan fingerprint density at radius 3 is 2.44 bits per heavy atom. The van der Waals surface area contributed by atoms with Crippen molar-refractivity contribution in [2.45, 2.75) is 32.8 Å². The fourth-order valence-corrected chi connectivity index (χ4v) is 1.04. The molecule has 0 saturated carbocycles. The summed E-state index contributed by atoms with van der Waals surface area (Å²) in [4.78, 5) is 23.9. The molecule has 0 aromatic heterocycles. The number of carbonyl (C=O) groups excluding carboxylic acids is 2. The monoisotopic (exact) mass is 231 g/mol. The molecule has 0 spiro atoms. The Labute approximate surface area is 96.7 Å². The van der Waals surface area contributed by atoms with Gasteiger partial charge in [0.1, 0.15) is 6.61 Å². The zero-order valence-corrected chi connectivity index (χ0v) is 10.5. The van der Waals surface area contributed by atoms with Gasteiger partial charge in [-0.25, -0.2) is 0 Å². The number of ether oxygens (including phenoxy) is 2. The van der Waals surface area contributed by atoms with Gasteiger partial charge in [-0.2, -0.15) is 0 Å². The molecule has 0 N–H and O–H groups in total. The number of hydrogen-bond acceptors (Lipinski definition) is 4. The van der Waals surface area contributed by atoms with Gasteiger partial charge in [0.05, 0.1) is 13.2 Å². The van der Waals surface area contributed by atoms with Crippen LogP contribution in [0.2, 0.25) is 0 Å². The predicted octanol–water partition coefficient (Wildman–Crippen LogP) is 0.823. The summed E-state index contributed by atoms with van der Waals surface area (Å²) >= 11 is 0. The lowest BCUT2D eigenvalue weighted by molar-refractivity contribution is -0.141. The largest absolute Gasteiger partial charge is 0.469 e. The lowest BCUT2D eigenvalue weighted by atomic mass is 10.3. The van der Waals surface area contributed by atoms with Gasteiger partial charge < -0.3 is 14.4 Å². The number of amides is 1. The Morgan fingerprint density at radius 2 is 1.94 bits per heavy atom. The third kappa shape index (κ3) is 7.23. The van der Waals surface area contributed by atoms with Crippen LogP contribution in [0.5, 0.6) is 0 Å². The number of carbonyl (C=O) groups is 2. The van der Waals surface area contributed by atoms with E-state index >= 15 is 0 Å². The quantitative estimate of drug-likeness (QED) is 0.609. The molecule has 0 fully saturated rings. The highest BCUT2D eigenvalue weighted by atomic mass is 16.5. The van der Waals surface area contributed by atoms with E-state index in [0.29, 0.717) is 19.4 Å². The molecule has 94 valence electrons. The van der Waals surface area contributed by atoms with Crippen LogP contribution in [0, 0.1) is 0 Å². The van der Waals surface area contributed by atoms with Crippen molar-refractivity contribution in [3.8, 4) is 0 Å². The average Bonchev–Trinajstić information content (AvgIpc) is 2.25. The van der Waals surface area contributed by atoms with Gasteiger partial charge in [-0.3, -0.25) is 9.59 Å². The molecule has 0 aliphatic rings. The van der Waals surface area contributed by atoms with E-state index in [1.165, 1.54) is 7.11 Å². The fourth-order valence-electron chi connectivity index (χ4n) is 1.04. The first-order valence-corrected chi connectivity index (χ1v) is 5.39. The molecular weight excluding hydrogens is 210 g/mol. The molecule has 0 rings (SSSR count). The van der Waals surface area contributed by atoms with Gasteiger partial charge in [0, 0.05) is 20.0 Å². The molecule has 0 heterocycles. The Hall–Kier alpha value is -1.10. The highest BCUT2D eigenvalue weighted by Crippen LogP contribution is 1.97. The van der Waals surface area contributed by atoms with E-state index in [4.69, 9.17) is 4.74 Å². The van der Waals surface area contributed by atoms with Crippen molar-refractivity contribution in [3.05, 3.63) is 0 Å². The summed E-state index contributed by atoms with van der Waals surface area (Å²) in [5.74, 6) is -0.321. The normalized spacial score (nSPS) is 10.3. The Morgan fingerprint density at radius 1 is 1.31 bits per heavy atom. The van der Waals surface area contributed by atoms with Crippen LogP contribution in [0.15, 0.2) is 0 Å². The number of esters is 1. The second-order valence-electron chi connectivity index (χ2n) is 3.85. The van der Waals surface area contributed by atoms with Crippen molar-refractivity contribution in [3.63, 3.8) is 0 Å².